The molecule has 0 aromatic heterocycles. The smallest absolute Gasteiger partial charge is 0.303 e. The summed E-state index contributed by atoms with van der Waals surface area (Å²) in [7, 11) is -8.09. The van der Waals surface area contributed by atoms with Crippen LogP contribution in [0.5, 0.6) is 0 Å². The molecule has 5 amide bonds. The number of Topliss-reactive ketones (excluding diaryl/α,β-unsaturated/α-hetero) is 4. The van der Waals surface area contributed by atoms with Crippen LogP contribution in [0.4, 0.5) is 0 Å². The summed E-state index contributed by atoms with van der Waals surface area (Å²) in [4.78, 5) is 137. The summed E-state index contributed by atoms with van der Waals surface area (Å²) in [6.07, 6.45) is 26.4. The first-order valence-electron chi connectivity index (χ1n) is 43.2. The molecule has 13 rings (SSSR count). The van der Waals surface area contributed by atoms with Gasteiger partial charge in [-0.1, -0.05) is 153 Å². The molecule has 1 unspecified atom stereocenters. The Bertz CT molecular complexity index is 3900. The molecule has 0 aromatic carbocycles. The Hall–Kier alpha value is -4.75. The molecule has 4 spiro atoms. The first-order valence-corrected chi connectivity index (χ1v) is 46.0. The van der Waals surface area contributed by atoms with Gasteiger partial charge in [0.1, 0.15) is 0 Å². The number of likely N-dealkylation sites (tertiary alicyclic amines) is 3. The number of ketones is 4. The summed E-state index contributed by atoms with van der Waals surface area (Å²) in [5.41, 5.74) is 1.72. The molecule has 24 heteroatoms. The molecule has 22 nitrogen and oxygen atoms in total. The van der Waals surface area contributed by atoms with Crippen molar-refractivity contribution < 1.29 is 60.0 Å². The molecule has 5 N–H and O–H groups in total. The second-order valence-corrected chi connectivity index (χ2v) is 45.1. The number of carbonyl (C=O) groups excluding carboxylic acids is 9. The van der Waals surface area contributed by atoms with Crippen molar-refractivity contribution in [3.8, 4) is 0 Å². The highest BCUT2D eigenvalue weighted by Gasteiger charge is 2.87. The maximum absolute atomic E-state index is 15.5. The molecule has 0 aromatic rings. The van der Waals surface area contributed by atoms with Crippen LogP contribution < -0.4 is 20.5 Å². The number of nitrogens with one attached hydrogen (secondary N) is 3. The number of hydrogen-bond donors (Lipinski definition) is 4. The van der Waals surface area contributed by atoms with E-state index >= 15 is 9.59 Å². The van der Waals surface area contributed by atoms with E-state index in [2.05, 4.69) is 88.2 Å². The Balaban J connectivity index is 0.000000210. The van der Waals surface area contributed by atoms with Crippen LogP contribution >= 0.6 is 0 Å². The third-order valence-electron chi connectivity index (χ3n) is 33.3. The number of hydrogen-bond acceptors (Lipinski definition) is 15. The molecule has 5 heterocycles. The Morgan fingerprint density at radius 2 is 0.856 bits per heavy atom. The third-order valence-corrected chi connectivity index (χ3v) is 36.3. The van der Waals surface area contributed by atoms with E-state index in [1.807, 2.05) is 41.5 Å². The minimum atomic E-state index is -4.07. The van der Waals surface area contributed by atoms with E-state index in [4.69, 9.17) is 5.73 Å². The van der Waals surface area contributed by atoms with Gasteiger partial charge < -0.3 is 20.9 Å². The zero-order chi connectivity index (χ0) is 81.3. The van der Waals surface area contributed by atoms with Gasteiger partial charge >= 0.3 is 20.4 Å². The Morgan fingerprint density at radius 1 is 0.477 bits per heavy atom. The van der Waals surface area contributed by atoms with Crippen molar-refractivity contribution in [1.82, 2.24) is 38.1 Å². The van der Waals surface area contributed by atoms with Crippen molar-refractivity contribution in [2.45, 2.75) is 332 Å². The predicted octanol–water partition coefficient (Wildman–Crippen LogP) is 12.0. The van der Waals surface area contributed by atoms with Gasteiger partial charge in [-0.05, 0) is 191 Å². The van der Waals surface area contributed by atoms with E-state index in [1.54, 1.807) is 22.0 Å². The van der Waals surface area contributed by atoms with Crippen molar-refractivity contribution in [2.75, 3.05) is 45.8 Å². The van der Waals surface area contributed by atoms with Gasteiger partial charge in [-0.25, -0.2) is 9.44 Å². The van der Waals surface area contributed by atoms with Crippen LogP contribution in [-0.2, 0) is 63.6 Å². The van der Waals surface area contributed by atoms with Crippen molar-refractivity contribution in [3.05, 3.63) is 25.3 Å². The minimum Gasteiger partial charge on any atom is -0.344 e. The summed E-state index contributed by atoms with van der Waals surface area (Å²) in [6.45, 7) is 40.4. The van der Waals surface area contributed by atoms with Crippen molar-refractivity contribution in [2.24, 2.45) is 94.4 Å². The summed E-state index contributed by atoms with van der Waals surface area (Å²) in [5, 5.41) is 3.32. The lowest BCUT2D eigenvalue weighted by atomic mass is 9.67. The molecule has 13 atom stereocenters. The number of fused-ring (bicyclic) bond motifs is 2. The number of rotatable bonds is 27. The Kier molecular flexibility index (Phi) is 23.4. The number of amides is 5. The van der Waals surface area contributed by atoms with Crippen molar-refractivity contribution in [1.29, 1.82) is 0 Å². The third kappa shape index (κ3) is 14.7. The first kappa shape index (κ1) is 85.6. The van der Waals surface area contributed by atoms with E-state index in [0.717, 1.165) is 154 Å². The van der Waals surface area contributed by atoms with Crippen LogP contribution in [-0.4, -0.2) is 175 Å². The van der Waals surface area contributed by atoms with E-state index in [0.29, 0.717) is 65.0 Å². The van der Waals surface area contributed by atoms with Gasteiger partial charge in [0.25, 0.3) is 0 Å². The summed E-state index contributed by atoms with van der Waals surface area (Å²) in [6, 6.07) is -3.05. The van der Waals surface area contributed by atoms with Crippen molar-refractivity contribution >= 4 is 73.1 Å². The normalized spacial score (nSPS) is 33.3. The second-order valence-electron chi connectivity index (χ2n) is 41.8. The van der Waals surface area contributed by atoms with E-state index < -0.39 is 95.3 Å². The molecule has 0 radical (unpaired) electrons. The molecule has 5 aliphatic heterocycles. The Morgan fingerprint density at radius 3 is 1.20 bits per heavy atom. The summed E-state index contributed by atoms with van der Waals surface area (Å²) in [5.74, 6) is -4.66. The number of allylic oxidation sites excluding steroid dienone is 2. The maximum atomic E-state index is 15.5. The Labute approximate surface area is 665 Å². The quantitative estimate of drug-likeness (QED) is 0.0556. The first-order chi connectivity index (χ1) is 51.7. The van der Waals surface area contributed by atoms with Crippen LogP contribution in [0, 0.1) is 88.7 Å². The largest absolute Gasteiger partial charge is 0.344 e. The van der Waals surface area contributed by atoms with E-state index in [9.17, 15) is 50.4 Å². The van der Waals surface area contributed by atoms with Gasteiger partial charge in [0.15, 0.2) is 23.1 Å². The zero-order valence-corrected chi connectivity index (χ0v) is 71.8. The second kappa shape index (κ2) is 30.3. The van der Waals surface area contributed by atoms with Gasteiger partial charge in [-0.3, -0.25) is 48.1 Å². The van der Waals surface area contributed by atoms with Crippen LogP contribution in [0.3, 0.4) is 0 Å². The zero-order valence-electron chi connectivity index (χ0n) is 70.1. The van der Waals surface area contributed by atoms with Crippen LogP contribution in [0.25, 0.3) is 0 Å². The molecule has 13 fully saturated rings. The SMILES string of the molecule is C=C[C@@H]1C[C@]1(CC(=O)[C@@H]1C[C@@]2(CN1C(=O)[C@@H](CC(=O)[C@@H](N)C1(C)CCCCC1)C(C)(C)C)C(C)(C)C21CCC1)C(=O)NS(=O)(=O)N1CCCC1.C=C[C@@H]1C[C@]1(CC(=O)[C@@H]1C[C@@]2(CN1C(=O)[C@@H](CC(=O)[C@@H](NC(=O)C1CCCCN1C(C)C)C1(C)CCCCC1)C(C)(C)C)C(C)(C)C21CCC1)C(=O)NS(=O)(=O)N1CCCC1. The monoisotopic (exact) mass is 1580 g/mol. The molecule has 5 saturated heterocycles. The number of piperidine rings is 1. The lowest BCUT2D eigenvalue weighted by Crippen LogP contribution is -2.59. The van der Waals surface area contributed by atoms with Crippen LogP contribution in [0.1, 0.15) is 296 Å². The average Bonchev–Trinajstić information content (AvgIpc) is 1.46. The molecular weight excluding hydrogens is 1440 g/mol. The number of nitrogens with zero attached hydrogens (tertiary/aromatic N) is 5. The van der Waals surface area contributed by atoms with Gasteiger partial charge in [0.2, 0.25) is 29.5 Å². The van der Waals surface area contributed by atoms with Gasteiger partial charge in [0, 0.05) is 93.7 Å². The fraction of sp³-hybridized carbons (Fsp3) is 0.851. The van der Waals surface area contributed by atoms with Gasteiger partial charge in [-0.2, -0.15) is 25.4 Å². The fourth-order valence-electron chi connectivity index (χ4n) is 24.9. The summed E-state index contributed by atoms with van der Waals surface area (Å²) < 4.78 is 59.9. The fourth-order valence-corrected chi connectivity index (χ4v) is 27.5. The highest BCUT2D eigenvalue weighted by Crippen LogP contribution is 2.89. The average molecular weight is 1580 g/mol. The molecule has 13 aliphatic rings. The predicted molar refractivity (Wildman–Crippen MR) is 429 cm³/mol. The summed E-state index contributed by atoms with van der Waals surface area (Å²) >= 11 is 0. The lowest BCUT2D eigenvalue weighted by molar-refractivity contribution is -0.147. The van der Waals surface area contributed by atoms with Gasteiger partial charge in [-0.15, -0.1) is 13.2 Å². The highest BCUT2D eigenvalue weighted by molar-refractivity contribution is 7.88. The van der Waals surface area contributed by atoms with E-state index in [-0.39, 0.29) is 128 Å². The molecule has 111 heavy (non-hydrogen) atoms. The molecule has 622 valence electrons. The molecule has 0 bridgehead atoms. The van der Waals surface area contributed by atoms with Crippen molar-refractivity contribution in [3.63, 3.8) is 0 Å². The molecule has 8 aliphatic carbocycles. The highest BCUT2D eigenvalue weighted by atomic mass is 32.2. The number of nitrogens with two attached hydrogens (primary N) is 1. The maximum Gasteiger partial charge on any atom is 0.303 e. The van der Waals surface area contributed by atoms with Gasteiger partial charge in [0.05, 0.1) is 41.0 Å². The minimum absolute atomic E-state index is 0.0245. The molecular formula is C87H139N9O13S2. The molecule has 8 saturated carbocycles. The van der Waals surface area contributed by atoms with Crippen LogP contribution in [0.15, 0.2) is 25.3 Å². The standard InChI is InChI=1S/C48H77N5O7S.C39H62N4O6S/c1-10-33-28-46(33,42(58)50-61(59,60)51-24-16-17-25-51)30-38(55)36-29-48(44(7,8)47(48)22-18-23-47)31-53(36)41(57)34(43(4,5)6)27-37(54)39(45(9)20-13-11-14-21-45)49-40(56)35-19-12-15-26-52(35)32(2)3;1-8-26-22-37(26,33(47)41-50(48,49)42-19-12-13-20-42)24-30(45)28-23-39(35(5,6)38(39)17-14-18-38)25-43(28)32(46)27(34(2,3)4)21-29(44)31(40)36(7)15-10-9-11-16-36/h10,32-36,39H,1,11-31H2,2-9H3,(H,49,56)(H,50,58);8,26-28,31H,1,9-25,40H2,2-7H3,(H,41,47)/t33-,34-,35?,36+,39-,46-,48-;26-,27-,28+,31-,37-,39-/m11/s1. The van der Waals surface area contributed by atoms with Crippen LogP contribution in [0.2, 0.25) is 0 Å². The lowest BCUT2D eigenvalue weighted by Gasteiger charge is -2.43. The number of carbonyl (C=O) groups is 9. The van der Waals surface area contributed by atoms with E-state index in [1.165, 1.54) is 8.61 Å². The topological polar surface area (TPSA) is 300 Å².